The number of ether oxygens (including phenoxy) is 1. The lowest BCUT2D eigenvalue weighted by atomic mass is 9.75. The lowest BCUT2D eigenvalue weighted by Crippen LogP contribution is -2.39. The number of methoxy groups -OCH3 is 1. The Morgan fingerprint density at radius 1 is 0.917 bits per heavy atom. The van der Waals surface area contributed by atoms with Crippen LogP contribution in [0.15, 0.2) is 85.1 Å². The summed E-state index contributed by atoms with van der Waals surface area (Å²) in [5, 5.41) is 11.7. The van der Waals surface area contributed by atoms with Crippen LogP contribution in [0.2, 0.25) is 0 Å². The molecule has 0 aliphatic carbocycles. The summed E-state index contributed by atoms with van der Waals surface area (Å²) in [4.78, 5) is 4.51. The number of hydrogen-bond acceptors (Lipinski definition) is 3. The number of aliphatic hydroxyl groups is 1. The molecule has 0 bridgehead atoms. The van der Waals surface area contributed by atoms with Crippen LogP contribution in [-0.4, -0.2) is 23.8 Å². The second-order valence-electron chi connectivity index (χ2n) is 5.82. The first kappa shape index (κ1) is 16.4. The number of aromatic nitrogens is 1. The predicted octanol–water partition coefficient (Wildman–Crippen LogP) is 3.75. The Morgan fingerprint density at radius 2 is 1.54 bits per heavy atom. The molecule has 1 N–H and O–H groups in total. The van der Waals surface area contributed by atoms with E-state index in [1.807, 2.05) is 78.9 Å². The molecule has 0 aliphatic heterocycles. The summed E-state index contributed by atoms with van der Waals surface area (Å²) in [6.07, 6.45) is 1.75. The molecule has 3 nitrogen and oxygen atoms in total. The summed E-state index contributed by atoms with van der Waals surface area (Å²) in [6.45, 7) is 0.174. The van der Waals surface area contributed by atoms with Gasteiger partial charge in [-0.15, -0.1) is 0 Å². The smallest absolute Gasteiger partial charge is 0.125 e. The Labute approximate surface area is 142 Å². The van der Waals surface area contributed by atoms with Crippen molar-refractivity contribution in [2.45, 2.75) is 11.5 Å². The Balaban J connectivity index is 2.19. The predicted molar refractivity (Wildman–Crippen MR) is 94.7 cm³/mol. The van der Waals surface area contributed by atoms with Crippen molar-refractivity contribution in [3.8, 4) is 0 Å². The first-order valence-corrected chi connectivity index (χ1v) is 7.98. The molecule has 3 rings (SSSR count). The Bertz CT molecular complexity index is 707. The van der Waals surface area contributed by atoms with Crippen LogP contribution in [-0.2, 0) is 10.3 Å². The van der Waals surface area contributed by atoms with Gasteiger partial charge in [-0.2, -0.15) is 0 Å². The number of rotatable bonds is 6. The van der Waals surface area contributed by atoms with Gasteiger partial charge in [-0.05, 0) is 23.3 Å². The lowest BCUT2D eigenvalue weighted by Gasteiger charge is -2.36. The molecule has 0 radical (unpaired) electrons. The van der Waals surface area contributed by atoms with E-state index < -0.39 is 5.60 Å². The van der Waals surface area contributed by atoms with Crippen molar-refractivity contribution in [3.05, 3.63) is 102 Å². The standard InChI is InChI=1S/C21H21NO2/c1-24-16-21(23,18-12-6-3-7-13-18)20(17-10-4-2-5-11-17)19-14-8-9-15-22-19/h2-15,20,23H,16H2,1H3/t20-,21+/m0/s1. The van der Waals surface area contributed by atoms with Gasteiger partial charge in [-0.1, -0.05) is 66.7 Å². The van der Waals surface area contributed by atoms with E-state index in [9.17, 15) is 5.11 Å². The van der Waals surface area contributed by atoms with E-state index in [1.165, 1.54) is 0 Å². The number of benzene rings is 2. The summed E-state index contributed by atoms with van der Waals surface area (Å²) in [6, 6.07) is 25.4. The van der Waals surface area contributed by atoms with Crippen LogP contribution in [0.1, 0.15) is 22.7 Å². The summed E-state index contributed by atoms with van der Waals surface area (Å²) in [5.41, 5.74) is 1.41. The van der Waals surface area contributed by atoms with E-state index in [0.29, 0.717) is 0 Å². The molecule has 0 fully saturated rings. The molecule has 0 amide bonds. The Kier molecular flexibility index (Phi) is 5.04. The first-order valence-electron chi connectivity index (χ1n) is 7.98. The van der Waals surface area contributed by atoms with E-state index in [-0.39, 0.29) is 12.5 Å². The van der Waals surface area contributed by atoms with E-state index in [4.69, 9.17) is 4.74 Å². The highest BCUT2D eigenvalue weighted by molar-refractivity contribution is 5.38. The lowest BCUT2D eigenvalue weighted by molar-refractivity contribution is -0.0490. The van der Waals surface area contributed by atoms with Crippen molar-refractivity contribution in [1.29, 1.82) is 0 Å². The third kappa shape index (κ3) is 3.23. The van der Waals surface area contributed by atoms with Gasteiger partial charge in [0.15, 0.2) is 0 Å². The fourth-order valence-corrected chi connectivity index (χ4v) is 3.16. The van der Waals surface area contributed by atoms with Crippen LogP contribution >= 0.6 is 0 Å². The van der Waals surface area contributed by atoms with Gasteiger partial charge < -0.3 is 9.84 Å². The van der Waals surface area contributed by atoms with Crippen LogP contribution in [0.25, 0.3) is 0 Å². The van der Waals surface area contributed by atoms with Crippen molar-refractivity contribution < 1.29 is 9.84 Å². The van der Waals surface area contributed by atoms with Crippen molar-refractivity contribution in [2.75, 3.05) is 13.7 Å². The van der Waals surface area contributed by atoms with Crippen molar-refractivity contribution in [1.82, 2.24) is 4.98 Å². The highest BCUT2D eigenvalue weighted by Crippen LogP contribution is 2.41. The largest absolute Gasteiger partial charge is 0.382 e. The minimum atomic E-state index is -1.22. The molecular weight excluding hydrogens is 298 g/mol. The van der Waals surface area contributed by atoms with Gasteiger partial charge in [0.25, 0.3) is 0 Å². The Hall–Kier alpha value is -2.49. The quantitative estimate of drug-likeness (QED) is 0.752. The molecule has 3 heteroatoms. The number of nitrogens with zero attached hydrogens (tertiary/aromatic N) is 1. The highest BCUT2D eigenvalue weighted by atomic mass is 16.5. The second-order valence-corrected chi connectivity index (χ2v) is 5.82. The molecule has 0 unspecified atom stereocenters. The summed E-state index contributed by atoms with van der Waals surface area (Å²) < 4.78 is 5.41. The minimum absolute atomic E-state index is 0.174. The highest BCUT2D eigenvalue weighted by Gasteiger charge is 2.41. The van der Waals surface area contributed by atoms with Gasteiger partial charge in [0.05, 0.1) is 18.2 Å². The molecule has 0 saturated heterocycles. The maximum atomic E-state index is 11.7. The van der Waals surface area contributed by atoms with Crippen molar-refractivity contribution in [2.24, 2.45) is 0 Å². The van der Waals surface area contributed by atoms with E-state index in [0.717, 1.165) is 16.8 Å². The van der Waals surface area contributed by atoms with Gasteiger partial charge in [0, 0.05) is 13.3 Å². The molecule has 24 heavy (non-hydrogen) atoms. The summed E-state index contributed by atoms with van der Waals surface area (Å²) in [7, 11) is 1.61. The van der Waals surface area contributed by atoms with Crippen LogP contribution in [0, 0.1) is 0 Å². The van der Waals surface area contributed by atoms with Crippen molar-refractivity contribution >= 4 is 0 Å². The maximum absolute atomic E-state index is 11.7. The fraction of sp³-hybridized carbons (Fsp3) is 0.190. The van der Waals surface area contributed by atoms with Crippen LogP contribution in [0.3, 0.4) is 0 Å². The van der Waals surface area contributed by atoms with E-state index in [1.54, 1.807) is 13.3 Å². The topological polar surface area (TPSA) is 42.4 Å². The van der Waals surface area contributed by atoms with E-state index in [2.05, 4.69) is 4.98 Å². The fourth-order valence-electron chi connectivity index (χ4n) is 3.16. The zero-order chi connectivity index (χ0) is 16.8. The minimum Gasteiger partial charge on any atom is -0.382 e. The van der Waals surface area contributed by atoms with Gasteiger partial charge >= 0.3 is 0 Å². The number of hydrogen-bond donors (Lipinski definition) is 1. The summed E-state index contributed by atoms with van der Waals surface area (Å²) >= 11 is 0. The average Bonchev–Trinajstić information content (AvgIpc) is 2.65. The second kappa shape index (κ2) is 7.39. The zero-order valence-electron chi connectivity index (χ0n) is 13.7. The van der Waals surface area contributed by atoms with Gasteiger partial charge in [0.1, 0.15) is 5.60 Å². The molecule has 3 aromatic rings. The first-order chi connectivity index (χ1) is 11.8. The molecule has 1 aromatic heterocycles. The molecule has 0 spiro atoms. The van der Waals surface area contributed by atoms with Crippen LogP contribution in [0.5, 0.6) is 0 Å². The third-order valence-electron chi connectivity index (χ3n) is 4.23. The molecule has 2 atom stereocenters. The SMILES string of the molecule is COC[C@@](O)(c1ccccc1)[C@@H](c1ccccc1)c1ccccn1. The third-order valence-corrected chi connectivity index (χ3v) is 4.23. The van der Waals surface area contributed by atoms with Gasteiger partial charge in [-0.3, -0.25) is 4.98 Å². The summed E-state index contributed by atoms with van der Waals surface area (Å²) in [5.74, 6) is -0.331. The molecule has 2 aromatic carbocycles. The van der Waals surface area contributed by atoms with Crippen molar-refractivity contribution in [3.63, 3.8) is 0 Å². The monoisotopic (exact) mass is 319 g/mol. The molecule has 0 aliphatic rings. The van der Waals surface area contributed by atoms with Gasteiger partial charge in [0.2, 0.25) is 0 Å². The van der Waals surface area contributed by atoms with Crippen LogP contribution in [0.4, 0.5) is 0 Å². The maximum Gasteiger partial charge on any atom is 0.125 e. The Morgan fingerprint density at radius 3 is 2.12 bits per heavy atom. The molecule has 0 saturated carbocycles. The molecule has 122 valence electrons. The molecular formula is C21H21NO2. The average molecular weight is 319 g/mol. The van der Waals surface area contributed by atoms with Gasteiger partial charge in [-0.25, -0.2) is 0 Å². The van der Waals surface area contributed by atoms with E-state index >= 15 is 0 Å². The van der Waals surface area contributed by atoms with Crippen LogP contribution < -0.4 is 0 Å². The molecule has 1 heterocycles. The normalized spacial score (nSPS) is 14.8. The zero-order valence-corrected chi connectivity index (χ0v) is 13.7. The number of pyridine rings is 1.